The number of alkyl halides is 3. The van der Waals surface area contributed by atoms with Crippen molar-refractivity contribution in [3.05, 3.63) is 29.8 Å². The predicted molar refractivity (Wildman–Crippen MR) is 69.0 cm³/mol. The van der Waals surface area contributed by atoms with Gasteiger partial charge in [0.1, 0.15) is 5.75 Å². The lowest BCUT2D eigenvalue weighted by molar-refractivity contribution is -0.137. The van der Waals surface area contributed by atoms with Gasteiger partial charge in [-0.3, -0.25) is 4.79 Å². The number of carbonyl (C=O) groups is 1. The quantitative estimate of drug-likeness (QED) is 0.929. The average molecular weight is 309 g/mol. The van der Waals surface area contributed by atoms with Crippen LogP contribution in [0.2, 0.25) is 0 Å². The molecule has 0 atom stereocenters. The molecule has 1 N–H and O–H groups in total. The van der Waals surface area contributed by atoms with Crippen LogP contribution < -0.4 is 5.32 Å². The summed E-state index contributed by atoms with van der Waals surface area (Å²) in [6.07, 6.45) is -4.45. The number of carbonyl (C=O) groups excluding carboxylic acids is 1. The van der Waals surface area contributed by atoms with Crippen molar-refractivity contribution in [1.29, 1.82) is 0 Å². The molecule has 4 nitrogen and oxygen atoms in total. The lowest BCUT2D eigenvalue weighted by Gasteiger charge is -2.10. The number of nitrogens with one attached hydrogen (secondary N) is 1. The molecule has 0 radical (unpaired) electrons. The molecule has 0 saturated heterocycles. The van der Waals surface area contributed by atoms with Gasteiger partial charge in [0.05, 0.1) is 10.8 Å². The number of halogens is 3. The molecule has 0 bridgehead atoms. The Morgan fingerprint density at radius 2 is 1.70 bits per heavy atom. The van der Waals surface area contributed by atoms with Gasteiger partial charge in [-0.1, -0.05) is 0 Å². The molecule has 0 spiro atoms. The van der Waals surface area contributed by atoms with Gasteiger partial charge in [-0.15, -0.1) is 0 Å². The highest BCUT2D eigenvalue weighted by molar-refractivity contribution is 7.92. The summed E-state index contributed by atoms with van der Waals surface area (Å²) in [7, 11) is -3.54. The Bertz CT molecular complexity index is 577. The van der Waals surface area contributed by atoms with Crippen molar-refractivity contribution in [3.63, 3.8) is 0 Å². The Hall–Kier alpha value is -1.57. The molecule has 0 saturated carbocycles. The van der Waals surface area contributed by atoms with Gasteiger partial charge in [-0.2, -0.15) is 13.2 Å². The molecule has 0 aliphatic heterocycles. The number of benzene rings is 1. The fourth-order valence-corrected chi connectivity index (χ4v) is 2.06. The summed E-state index contributed by atoms with van der Waals surface area (Å²) in [5.74, 6) is -1.48. The lowest BCUT2D eigenvalue weighted by atomic mass is 10.2. The van der Waals surface area contributed by atoms with Crippen LogP contribution in [0.15, 0.2) is 24.3 Å². The fourth-order valence-electron chi connectivity index (χ4n) is 1.29. The Balaban J connectivity index is 2.73. The summed E-state index contributed by atoms with van der Waals surface area (Å²) >= 11 is 0. The summed E-state index contributed by atoms with van der Waals surface area (Å²) in [4.78, 5) is 11.5. The van der Waals surface area contributed by atoms with E-state index >= 15 is 0 Å². The molecule has 0 aliphatic carbocycles. The first kappa shape index (κ1) is 16.5. The van der Waals surface area contributed by atoms with Crippen molar-refractivity contribution in [2.75, 3.05) is 11.1 Å². The molecule has 0 unspecified atom stereocenters. The summed E-state index contributed by atoms with van der Waals surface area (Å²) < 4.78 is 60.0. The van der Waals surface area contributed by atoms with Crippen molar-refractivity contribution in [2.24, 2.45) is 0 Å². The first-order chi connectivity index (χ1) is 9.02. The number of rotatable bonds is 4. The van der Waals surface area contributed by atoms with E-state index in [1.54, 1.807) is 0 Å². The molecule has 0 aromatic heterocycles. The number of hydrogen-bond donors (Lipinski definition) is 1. The van der Waals surface area contributed by atoms with Crippen molar-refractivity contribution >= 4 is 21.4 Å². The highest BCUT2D eigenvalue weighted by Gasteiger charge is 2.30. The zero-order valence-corrected chi connectivity index (χ0v) is 11.7. The molecule has 8 heteroatoms. The normalized spacial score (nSPS) is 12.5. The van der Waals surface area contributed by atoms with Gasteiger partial charge in [0.25, 0.3) is 0 Å². The topological polar surface area (TPSA) is 63.2 Å². The standard InChI is InChI=1S/C12H14F3NO3S/c1-8(2)20(18,19)7-11(17)16-10-5-3-9(4-6-10)12(13,14)15/h3-6,8H,7H2,1-2H3,(H,16,17). The van der Waals surface area contributed by atoms with E-state index in [4.69, 9.17) is 0 Å². The van der Waals surface area contributed by atoms with E-state index in [0.29, 0.717) is 0 Å². The minimum Gasteiger partial charge on any atom is -0.325 e. The second-order valence-electron chi connectivity index (χ2n) is 4.48. The smallest absolute Gasteiger partial charge is 0.325 e. The third-order valence-electron chi connectivity index (χ3n) is 2.55. The molecular weight excluding hydrogens is 295 g/mol. The summed E-state index contributed by atoms with van der Waals surface area (Å²) in [5, 5.41) is 1.55. The Labute approximate surface area is 114 Å². The van der Waals surface area contributed by atoms with Gasteiger partial charge >= 0.3 is 6.18 Å². The highest BCUT2D eigenvalue weighted by Crippen LogP contribution is 2.29. The molecule has 0 fully saturated rings. The highest BCUT2D eigenvalue weighted by atomic mass is 32.2. The zero-order valence-electron chi connectivity index (χ0n) is 10.9. The number of hydrogen-bond acceptors (Lipinski definition) is 3. The third-order valence-corrected chi connectivity index (χ3v) is 4.65. The minimum absolute atomic E-state index is 0.113. The summed E-state index contributed by atoms with van der Waals surface area (Å²) in [6, 6.07) is 3.77. The van der Waals surface area contributed by atoms with Gasteiger partial charge in [0.2, 0.25) is 5.91 Å². The largest absolute Gasteiger partial charge is 0.416 e. The summed E-state index contributed by atoms with van der Waals surface area (Å²) in [6.45, 7) is 2.89. The van der Waals surface area contributed by atoms with Crippen LogP contribution in [0.5, 0.6) is 0 Å². The Kier molecular flexibility index (Phi) is 4.80. The van der Waals surface area contributed by atoms with E-state index in [1.807, 2.05) is 0 Å². The van der Waals surface area contributed by atoms with Gasteiger partial charge in [-0.25, -0.2) is 8.42 Å². The van der Waals surface area contributed by atoms with Crippen LogP contribution in [0.4, 0.5) is 18.9 Å². The first-order valence-electron chi connectivity index (χ1n) is 5.71. The van der Waals surface area contributed by atoms with Crippen LogP contribution >= 0.6 is 0 Å². The second kappa shape index (κ2) is 5.82. The van der Waals surface area contributed by atoms with Crippen molar-refractivity contribution in [2.45, 2.75) is 25.3 Å². The maximum atomic E-state index is 12.3. The first-order valence-corrected chi connectivity index (χ1v) is 7.42. The maximum absolute atomic E-state index is 12.3. The molecule has 0 aliphatic rings. The van der Waals surface area contributed by atoms with E-state index in [1.165, 1.54) is 13.8 Å². The minimum atomic E-state index is -4.45. The number of sulfone groups is 1. The fraction of sp³-hybridized carbons (Fsp3) is 0.417. The van der Waals surface area contributed by atoms with E-state index in [9.17, 15) is 26.4 Å². The van der Waals surface area contributed by atoms with Gasteiger partial charge in [-0.05, 0) is 38.1 Å². The van der Waals surface area contributed by atoms with Gasteiger partial charge in [0.15, 0.2) is 9.84 Å². The van der Waals surface area contributed by atoms with Crippen LogP contribution in [-0.2, 0) is 20.8 Å². The molecule has 112 valence electrons. The maximum Gasteiger partial charge on any atom is 0.416 e. The molecule has 1 amide bonds. The molecule has 1 rings (SSSR count). The van der Waals surface area contributed by atoms with E-state index in [0.717, 1.165) is 24.3 Å². The second-order valence-corrected chi connectivity index (χ2v) is 7.04. The SMILES string of the molecule is CC(C)S(=O)(=O)CC(=O)Nc1ccc(C(F)(F)F)cc1. The van der Waals surface area contributed by atoms with Crippen molar-refractivity contribution < 1.29 is 26.4 Å². The molecular formula is C12H14F3NO3S. The number of anilines is 1. The molecule has 20 heavy (non-hydrogen) atoms. The summed E-state index contributed by atoms with van der Waals surface area (Å²) in [5.41, 5.74) is -0.729. The zero-order chi connectivity index (χ0) is 15.6. The Morgan fingerprint density at radius 1 is 1.20 bits per heavy atom. The van der Waals surface area contributed by atoms with Crippen LogP contribution in [-0.4, -0.2) is 25.3 Å². The third kappa shape index (κ3) is 4.52. The molecule has 0 heterocycles. The van der Waals surface area contributed by atoms with E-state index < -0.39 is 38.5 Å². The van der Waals surface area contributed by atoms with Crippen LogP contribution in [0.25, 0.3) is 0 Å². The molecule has 1 aromatic rings. The van der Waals surface area contributed by atoms with Crippen LogP contribution in [0.1, 0.15) is 19.4 Å². The van der Waals surface area contributed by atoms with Crippen molar-refractivity contribution in [1.82, 2.24) is 0 Å². The van der Waals surface area contributed by atoms with Crippen LogP contribution in [0, 0.1) is 0 Å². The lowest BCUT2D eigenvalue weighted by Crippen LogP contribution is -2.27. The monoisotopic (exact) mass is 309 g/mol. The number of amides is 1. The van der Waals surface area contributed by atoms with E-state index in [2.05, 4.69) is 5.32 Å². The Morgan fingerprint density at radius 3 is 2.10 bits per heavy atom. The predicted octanol–water partition coefficient (Wildman–Crippen LogP) is 2.47. The van der Waals surface area contributed by atoms with E-state index in [-0.39, 0.29) is 5.69 Å². The molecule has 1 aromatic carbocycles. The van der Waals surface area contributed by atoms with Gasteiger partial charge in [0, 0.05) is 5.69 Å². The van der Waals surface area contributed by atoms with Gasteiger partial charge < -0.3 is 5.32 Å². The average Bonchev–Trinajstić information content (AvgIpc) is 2.27. The van der Waals surface area contributed by atoms with Crippen molar-refractivity contribution in [3.8, 4) is 0 Å². The van der Waals surface area contributed by atoms with Crippen LogP contribution in [0.3, 0.4) is 0 Å².